The maximum absolute atomic E-state index is 12.6. The van der Waals surface area contributed by atoms with Crippen molar-refractivity contribution < 1.29 is 15.0 Å². The molecule has 0 aliphatic heterocycles. The number of aliphatic hydroxyl groups is 1. The first-order chi connectivity index (χ1) is 14.1. The Morgan fingerprint density at radius 3 is 1.69 bits per heavy atom. The van der Waals surface area contributed by atoms with Crippen LogP contribution in [0.4, 0.5) is 0 Å². The van der Waals surface area contributed by atoms with Gasteiger partial charge < -0.3 is 10.2 Å². The summed E-state index contributed by atoms with van der Waals surface area (Å²) in [6.45, 7) is 0. The van der Waals surface area contributed by atoms with Gasteiger partial charge in [0.2, 0.25) is 0 Å². The highest BCUT2D eigenvalue weighted by atomic mass is 16.4. The van der Waals surface area contributed by atoms with Gasteiger partial charge in [0.1, 0.15) is 0 Å². The first-order valence-electron chi connectivity index (χ1n) is 13.1. The average Bonchev–Trinajstić information content (AvgIpc) is 2.80. The maximum Gasteiger partial charge on any atom is 0.336 e. The van der Waals surface area contributed by atoms with Crippen molar-refractivity contribution in [3.05, 3.63) is 0 Å². The Bertz CT molecular complexity index is 528. The van der Waals surface area contributed by atoms with Crippen molar-refractivity contribution in [3.63, 3.8) is 0 Å². The van der Waals surface area contributed by atoms with Crippen LogP contribution in [0.3, 0.4) is 0 Å². The third-order valence-electron chi connectivity index (χ3n) is 9.65. The average molecular weight is 405 g/mol. The molecule has 4 unspecified atom stereocenters. The molecular weight excluding hydrogens is 360 g/mol. The standard InChI is InChI=1S/C26H44O3/c27-25(28)26(29,22-14-8-3-9-15-22)24-17-16-21(19-10-4-1-5-11-19)18-23(24)20-12-6-2-7-13-20/h19-24,29H,1-18H2,(H,27,28). The smallest absolute Gasteiger partial charge is 0.336 e. The number of hydrogen-bond donors (Lipinski definition) is 2. The number of rotatable bonds is 5. The Labute approximate surface area is 178 Å². The number of carbonyl (C=O) groups is 1. The molecule has 0 heterocycles. The SMILES string of the molecule is O=C(O)C(O)(C1CCCCC1)C1CCC(C2CCCCC2)CC1C1CCCCC1. The summed E-state index contributed by atoms with van der Waals surface area (Å²) in [4.78, 5) is 12.6. The molecule has 2 N–H and O–H groups in total. The zero-order chi connectivity index (χ0) is 20.3. The first-order valence-corrected chi connectivity index (χ1v) is 13.1. The van der Waals surface area contributed by atoms with Crippen LogP contribution in [0.25, 0.3) is 0 Å². The second-order valence-electron chi connectivity index (χ2n) is 11.1. The van der Waals surface area contributed by atoms with E-state index in [2.05, 4.69) is 0 Å². The summed E-state index contributed by atoms with van der Waals surface area (Å²) in [6.07, 6.45) is 21.9. The third kappa shape index (κ3) is 4.55. The zero-order valence-electron chi connectivity index (χ0n) is 18.5. The van der Waals surface area contributed by atoms with E-state index in [-0.39, 0.29) is 11.8 Å². The third-order valence-corrected chi connectivity index (χ3v) is 9.65. The summed E-state index contributed by atoms with van der Waals surface area (Å²) < 4.78 is 0. The Morgan fingerprint density at radius 1 is 0.621 bits per heavy atom. The van der Waals surface area contributed by atoms with Gasteiger partial charge in [0.15, 0.2) is 5.60 Å². The summed E-state index contributed by atoms with van der Waals surface area (Å²) in [7, 11) is 0. The molecule has 3 nitrogen and oxygen atoms in total. The van der Waals surface area contributed by atoms with E-state index in [1.807, 2.05) is 0 Å². The van der Waals surface area contributed by atoms with E-state index in [0.29, 0.717) is 11.8 Å². The van der Waals surface area contributed by atoms with Crippen LogP contribution in [-0.4, -0.2) is 21.8 Å². The van der Waals surface area contributed by atoms with Crippen molar-refractivity contribution in [2.45, 2.75) is 121 Å². The highest BCUT2D eigenvalue weighted by Gasteiger charge is 2.55. The van der Waals surface area contributed by atoms with E-state index in [1.165, 1.54) is 77.0 Å². The van der Waals surface area contributed by atoms with Crippen molar-refractivity contribution in [1.29, 1.82) is 0 Å². The molecule has 4 aliphatic rings. The minimum Gasteiger partial charge on any atom is -0.479 e. The zero-order valence-corrected chi connectivity index (χ0v) is 18.5. The second kappa shape index (κ2) is 9.71. The van der Waals surface area contributed by atoms with E-state index < -0.39 is 11.6 Å². The number of hydrogen-bond acceptors (Lipinski definition) is 2. The highest BCUT2D eigenvalue weighted by Crippen LogP contribution is 2.53. The summed E-state index contributed by atoms with van der Waals surface area (Å²) in [5.41, 5.74) is -1.49. The lowest BCUT2D eigenvalue weighted by Gasteiger charge is -2.51. The van der Waals surface area contributed by atoms with Gasteiger partial charge in [-0.15, -0.1) is 0 Å². The summed E-state index contributed by atoms with van der Waals surface area (Å²) >= 11 is 0. The topological polar surface area (TPSA) is 57.5 Å². The van der Waals surface area contributed by atoms with Crippen LogP contribution in [0.5, 0.6) is 0 Å². The fourth-order valence-electron chi connectivity index (χ4n) is 8.08. The van der Waals surface area contributed by atoms with Crippen LogP contribution in [-0.2, 0) is 4.79 Å². The lowest BCUT2D eigenvalue weighted by Crippen LogP contribution is -2.57. The van der Waals surface area contributed by atoms with Crippen LogP contribution >= 0.6 is 0 Å². The van der Waals surface area contributed by atoms with Gasteiger partial charge in [0.25, 0.3) is 0 Å². The molecule has 0 aromatic carbocycles. The molecule has 3 heteroatoms. The molecule has 0 radical (unpaired) electrons. The first kappa shape index (κ1) is 21.7. The van der Waals surface area contributed by atoms with Crippen LogP contribution in [0, 0.1) is 35.5 Å². The number of carboxylic acid groups (broad SMARTS) is 1. The Balaban J connectivity index is 1.57. The molecular formula is C26H44O3. The van der Waals surface area contributed by atoms with Gasteiger partial charge in [-0.3, -0.25) is 0 Å². The summed E-state index contributed by atoms with van der Waals surface area (Å²) in [5.74, 6) is 1.76. The molecule has 4 rings (SSSR count). The fourth-order valence-corrected chi connectivity index (χ4v) is 8.08. The van der Waals surface area contributed by atoms with Crippen LogP contribution in [0.1, 0.15) is 116 Å². The van der Waals surface area contributed by atoms with Crippen molar-refractivity contribution in [3.8, 4) is 0 Å². The van der Waals surface area contributed by atoms with E-state index in [0.717, 1.165) is 50.4 Å². The molecule has 4 aliphatic carbocycles. The van der Waals surface area contributed by atoms with Gasteiger partial charge in [-0.1, -0.05) is 83.5 Å². The normalized spacial score (nSPS) is 35.8. The van der Waals surface area contributed by atoms with Crippen molar-refractivity contribution >= 4 is 5.97 Å². The fraction of sp³-hybridized carbons (Fsp3) is 0.962. The predicted molar refractivity (Wildman–Crippen MR) is 117 cm³/mol. The minimum atomic E-state index is -1.49. The van der Waals surface area contributed by atoms with E-state index in [9.17, 15) is 15.0 Å². The summed E-state index contributed by atoms with van der Waals surface area (Å²) in [5, 5.41) is 22.2. The van der Waals surface area contributed by atoms with Gasteiger partial charge in [0, 0.05) is 5.92 Å². The van der Waals surface area contributed by atoms with Crippen LogP contribution in [0.2, 0.25) is 0 Å². The minimum absolute atomic E-state index is 0.0222. The quantitative estimate of drug-likeness (QED) is 0.544. The Morgan fingerprint density at radius 2 is 1.14 bits per heavy atom. The van der Waals surface area contributed by atoms with Crippen molar-refractivity contribution in [2.75, 3.05) is 0 Å². The second-order valence-corrected chi connectivity index (χ2v) is 11.1. The van der Waals surface area contributed by atoms with Crippen LogP contribution in [0.15, 0.2) is 0 Å². The Kier molecular flexibility index (Phi) is 7.25. The lowest BCUT2D eigenvalue weighted by molar-refractivity contribution is -0.186. The van der Waals surface area contributed by atoms with E-state index >= 15 is 0 Å². The molecule has 4 saturated carbocycles. The van der Waals surface area contributed by atoms with E-state index in [4.69, 9.17) is 0 Å². The van der Waals surface area contributed by atoms with E-state index in [1.54, 1.807) is 0 Å². The molecule has 4 fully saturated rings. The van der Waals surface area contributed by atoms with Gasteiger partial charge >= 0.3 is 5.97 Å². The monoisotopic (exact) mass is 404 g/mol. The molecule has 0 amide bonds. The predicted octanol–water partition coefficient (Wildman–Crippen LogP) is 6.58. The molecule has 0 spiro atoms. The summed E-state index contributed by atoms with van der Waals surface area (Å²) in [6, 6.07) is 0. The largest absolute Gasteiger partial charge is 0.479 e. The van der Waals surface area contributed by atoms with Gasteiger partial charge in [-0.25, -0.2) is 4.79 Å². The highest BCUT2D eigenvalue weighted by molar-refractivity contribution is 5.78. The molecule has 29 heavy (non-hydrogen) atoms. The molecule has 166 valence electrons. The molecule has 0 aromatic rings. The van der Waals surface area contributed by atoms with Gasteiger partial charge in [0.05, 0.1) is 0 Å². The molecule has 4 atom stereocenters. The molecule has 0 aromatic heterocycles. The van der Waals surface area contributed by atoms with Crippen molar-refractivity contribution in [1.82, 2.24) is 0 Å². The number of carboxylic acids is 1. The van der Waals surface area contributed by atoms with Gasteiger partial charge in [-0.05, 0) is 61.7 Å². The van der Waals surface area contributed by atoms with Crippen LogP contribution < -0.4 is 0 Å². The van der Waals surface area contributed by atoms with Crippen molar-refractivity contribution in [2.24, 2.45) is 35.5 Å². The molecule has 0 saturated heterocycles. The lowest BCUT2D eigenvalue weighted by atomic mass is 9.55. The van der Waals surface area contributed by atoms with Gasteiger partial charge in [-0.2, -0.15) is 0 Å². The molecule has 0 bridgehead atoms. The number of aliphatic carboxylic acids is 1. The maximum atomic E-state index is 12.6. The Hall–Kier alpha value is -0.570.